The van der Waals surface area contributed by atoms with Gasteiger partial charge in [-0.25, -0.2) is 0 Å². The summed E-state index contributed by atoms with van der Waals surface area (Å²) in [5.41, 5.74) is 1.70. The van der Waals surface area contributed by atoms with Crippen molar-refractivity contribution in [2.24, 2.45) is 0 Å². The first kappa shape index (κ1) is 12.2. The quantitative estimate of drug-likeness (QED) is 0.827. The largest absolute Gasteiger partial charge is 0.486 e. The minimum atomic E-state index is 0.149. The minimum absolute atomic E-state index is 0.149. The van der Waals surface area contributed by atoms with Gasteiger partial charge in [0.25, 0.3) is 0 Å². The highest BCUT2D eigenvalue weighted by Gasteiger charge is 2.03. The number of benzene rings is 1. The average Bonchev–Trinajstić information content (AvgIpc) is 2.26. The minimum Gasteiger partial charge on any atom is -0.486 e. The molecule has 0 saturated carbocycles. The Hall–Kier alpha value is -0.880. The van der Waals surface area contributed by atoms with Crippen LogP contribution in [0.25, 0.3) is 0 Å². The fourth-order valence-corrected chi connectivity index (χ4v) is 1.22. The van der Waals surface area contributed by atoms with E-state index >= 15 is 0 Å². The van der Waals surface area contributed by atoms with Gasteiger partial charge in [0.1, 0.15) is 12.4 Å². The second-order valence-electron chi connectivity index (χ2n) is 2.60. The Balaban J connectivity index is 2.75. The molecule has 1 aromatic carbocycles. The van der Waals surface area contributed by atoms with Crippen LogP contribution < -0.4 is 4.74 Å². The predicted octanol–water partition coefficient (Wildman–Crippen LogP) is 3.91. The van der Waals surface area contributed by atoms with E-state index in [2.05, 4.69) is 0 Å². The standard InChI is InChI=1S/C10H6Cl3NO/c11-4-8(12)6-15-10-2-1-7(5-14)3-9(10)13/h1-4H,6H2. The van der Waals surface area contributed by atoms with E-state index < -0.39 is 0 Å². The molecule has 0 aromatic heterocycles. The number of ether oxygens (including phenoxy) is 1. The van der Waals surface area contributed by atoms with Crippen molar-refractivity contribution in [2.45, 2.75) is 0 Å². The molecular weight excluding hydrogens is 256 g/mol. The highest BCUT2D eigenvalue weighted by Crippen LogP contribution is 2.25. The van der Waals surface area contributed by atoms with Gasteiger partial charge in [-0.3, -0.25) is 0 Å². The SMILES string of the molecule is N#Cc1ccc(OCC(Cl)=CCl)c(Cl)c1. The van der Waals surface area contributed by atoms with E-state index in [0.29, 0.717) is 21.4 Å². The summed E-state index contributed by atoms with van der Waals surface area (Å²) in [7, 11) is 0. The van der Waals surface area contributed by atoms with Crippen molar-refractivity contribution in [3.8, 4) is 11.8 Å². The summed E-state index contributed by atoms with van der Waals surface area (Å²) in [5, 5.41) is 9.35. The Labute approximate surface area is 103 Å². The second-order valence-corrected chi connectivity index (χ2v) is 3.71. The van der Waals surface area contributed by atoms with E-state index in [-0.39, 0.29) is 6.61 Å². The molecule has 0 radical (unpaired) electrons. The number of nitrogens with zero attached hydrogens (tertiary/aromatic N) is 1. The highest BCUT2D eigenvalue weighted by atomic mass is 35.5. The third-order valence-corrected chi connectivity index (χ3v) is 2.43. The van der Waals surface area contributed by atoms with Crippen LogP contribution >= 0.6 is 34.8 Å². The van der Waals surface area contributed by atoms with Crippen molar-refractivity contribution in [1.29, 1.82) is 5.26 Å². The maximum Gasteiger partial charge on any atom is 0.138 e. The van der Waals surface area contributed by atoms with Gasteiger partial charge in [-0.2, -0.15) is 5.26 Å². The molecule has 0 aliphatic rings. The summed E-state index contributed by atoms with van der Waals surface area (Å²) in [5.74, 6) is 0.465. The molecule has 1 rings (SSSR count). The van der Waals surface area contributed by atoms with Crippen molar-refractivity contribution >= 4 is 34.8 Å². The summed E-state index contributed by atoms with van der Waals surface area (Å²) in [4.78, 5) is 0. The van der Waals surface area contributed by atoms with Crippen molar-refractivity contribution in [3.05, 3.63) is 39.4 Å². The summed E-state index contributed by atoms with van der Waals surface area (Å²) >= 11 is 16.9. The fraction of sp³-hybridized carbons (Fsp3) is 0.100. The van der Waals surface area contributed by atoms with Gasteiger partial charge in [0.15, 0.2) is 0 Å². The van der Waals surface area contributed by atoms with Gasteiger partial charge in [0.05, 0.1) is 21.7 Å². The lowest BCUT2D eigenvalue weighted by Gasteiger charge is -2.06. The third-order valence-electron chi connectivity index (χ3n) is 1.54. The monoisotopic (exact) mass is 261 g/mol. The van der Waals surface area contributed by atoms with Crippen LogP contribution in [0.15, 0.2) is 28.8 Å². The van der Waals surface area contributed by atoms with Gasteiger partial charge in [-0.1, -0.05) is 34.8 Å². The summed E-state index contributed by atoms with van der Waals surface area (Å²) in [6.45, 7) is 0.149. The summed E-state index contributed by atoms with van der Waals surface area (Å²) in [6.07, 6.45) is 0. The third kappa shape index (κ3) is 3.64. The van der Waals surface area contributed by atoms with Gasteiger partial charge in [-0.05, 0) is 18.2 Å². The molecule has 0 N–H and O–H groups in total. The molecular formula is C10H6Cl3NO. The molecule has 0 atom stereocenters. The van der Waals surface area contributed by atoms with Crippen LogP contribution in [0.4, 0.5) is 0 Å². The zero-order valence-electron chi connectivity index (χ0n) is 7.51. The summed E-state index contributed by atoms with van der Waals surface area (Å²) in [6, 6.07) is 6.72. The molecule has 15 heavy (non-hydrogen) atoms. The number of rotatable bonds is 3. The molecule has 5 heteroatoms. The van der Waals surface area contributed by atoms with Crippen LogP contribution in [0, 0.1) is 11.3 Å². The number of hydrogen-bond acceptors (Lipinski definition) is 2. The second kappa shape index (κ2) is 5.87. The van der Waals surface area contributed by atoms with Gasteiger partial charge < -0.3 is 4.74 Å². The molecule has 1 aromatic rings. The topological polar surface area (TPSA) is 33.0 Å². The van der Waals surface area contributed by atoms with Crippen LogP contribution in [0.3, 0.4) is 0 Å². The van der Waals surface area contributed by atoms with Gasteiger partial charge in [0.2, 0.25) is 0 Å². The van der Waals surface area contributed by atoms with Crippen molar-refractivity contribution < 1.29 is 4.74 Å². The normalized spacial score (nSPS) is 10.9. The van der Waals surface area contributed by atoms with E-state index in [1.165, 1.54) is 11.6 Å². The molecule has 0 unspecified atom stereocenters. The first-order chi connectivity index (χ1) is 7.17. The molecule has 78 valence electrons. The highest BCUT2D eigenvalue weighted by molar-refractivity contribution is 6.36. The van der Waals surface area contributed by atoms with E-state index in [1.807, 2.05) is 6.07 Å². The predicted molar refractivity (Wildman–Crippen MR) is 61.5 cm³/mol. The number of halogens is 3. The number of hydrogen-bond donors (Lipinski definition) is 0. The lowest BCUT2D eigenvalue weighted by atomic mass is 10.2. The maximum atomic E-state index is 8.61. The van der Waals surface area contributed by atoms with Crippen LogP contribution in [0.2, 0.25) is 5.02 Å². The fourth-order valence-electron chi connectivity index (χ4n) is 0.866. The van der Waals surface area contributed by atoms with Gasteiger partial charge in [0, 0.05) is 5.54 Å². The zero-order chi connectivity index (χ0) is 11.3. The first-order valence-corrected chi connectivity index (χ1v) is 5.14. The van der Waals surface area contributed by atoms with E-state index in [1.54, 1.807) is 12.1 Å². The average molecular weight is 263 g/mol. The first-order valence-electron chi connectivity index (χ1n) is 3.94. The molecule has 0 fully saturated rings. The Morgan fingerprint density at radius 1 is 1.53 bits per heavy atom. The Bertz CT molecular complexity index is 423. The van der Waals surface area contributed by atoms with Crippen LogP contribution in [-0.4, -0.2) is 6.61 Å². The molecule has 0 heterocycles. The van der Waals surface area contributed by atoms with Crippen LogP contribution in [-0.2, 0) is 0 Å². The Morgan fingerprint density at radius 2 is 2.27 bits per heavy atom. The molecule has 0 saturated heterocycles. The van der Waals surface area contributed by atoms with Gasteiger partial charge in [-0.15, -0.1) is 0 Å². The van der Waals surface area contributed by atoms with Crippen LogP contribution in [0.1, 0.15) is 5.56 Å². The van der Waals surface area contributed by atoms with Gasteiger partial charge >= 0.3 is 0 Å². The zero-order valence-corrected chi connectivity index (χ0v) is 9.77. The van der Waals surface area contributed by atoms with Crippen LogP contribution in [0.5, 0.6) is 5.75 Å². The molecule has 0 bridgehead atoms. The molecule has 2 nitrogen and oxygen atoms in total. The maximum absolute atomic E-state index is 8.61. The molecule has 0 spiro atoms. The lowest BCUT2D eigenvalue weighted by Crippen LogP contribution is -1.97. The van der Waals surface area contributed by atoms with E-state index in [4.69, 9.17) is 44.8 Å². The van der Waals surface area contributed by atoms with E-state index in [9.17, 15) is 0 Å². The van der Waals surface area contributed by atoms with Crippen molar-refractivity contribution in [1.82, 2.24) is 0 Å². The van der Waals surface area contributed by atoms with Crippen molar-refractivity contribution in [3.63, 3.8) is 0 Å². The molecule has 0 aliphatic heterocycles. The Kier molecular flexibility index (Phi) is 4.77. The van der Waals surface area contributed by atoms with Crippen molar-refractivity contribution in [2.75, 3.05) is 6.61 Å². The smallest absolute Gasteiger partial charge is 0.138 e. The Morgan fingerprint density at radius 3 is 2.80 bits per heavy atom. The number of nitriles is 1. The molecule has 0 amide bonds. The lowest BCUT2D eigenvalue weighted by molar-refractivity contribution is 0.359. The molecule has 0 aliphatic carbocycles. The summed E-state index contributed by atoms with van der Waals surface area (Å²) < 4.78 is 5.26. The van der Waals surface area contributed by atoms with E-state index in [0.717, 1.165) is 0 Å².